The molecule has 4 aliphatic heterocycles. The predicted octanol–water partition coefficient (Wildman–Crippen LogP) is 4.06. The number of hydrogen-bond acceptors (Lipinski definition) is 13. The summed E-state index contributed by atoms with van der Waals surface area (Å²) in [4.78, 5) is 16.4. The lowest BCUT2D eigenvalue weighted by Crippen LogP contribution is -2.60. The van der Waals surface area contributed by atoms with Crippen molar-refractivity contribution in [2.75, 3.05) is 20.7 Å². The normalized spacial score (nSPS) is 47.4. The highest BCUT2D eigenvalue weighted by Crippen LogP contribution is 2.47. The highest BCUT2D eigenvalue weighted by molar-refractivity contribution is 5.73. The summed E-state index contributed by atoms with van der Waals surface area (Å²) in [7, 11) is 3.55. The van der Waals surface area contributed by atoms with Crippen molar-refractivity contribution in [2.24, 2.45) is 17.8 Å². The number of esters is 1. The molecule has 0 saturated carbocycles. The molecular formula is C40H71NO12. The van der Waals surface area contributed by atoms with Crippen molar-refractivity contribution in [3.05, 3.63) is 11.3 Å². The van der Waals surface area contributed by atoms with Gasteiger partial charge in [0.2, 0.25) is 0 Å². The number of fused-ring (bicyclic) bond motifs is 2. The summed E-state index contributed by atoms with van der Waals surface area (Å²) < 4.78 is 45.0. The van der Waals surface area contributed by atoms with Gasteiger partial charge in [-0.2, -0.15) is 0 Å². The number of aliphatic hydroxyl groups is 4. The molecule has 2 bridgehead atoms. The Balaban J connectivity index is 1.82. The molecule has 308 valence electrons. The first-order chi connectivity index (χ1) is 24.6. The number of carbonyl (C=O) groups excluding carboxylic acids is 1. The lowest BCUT2D eigenvalue weighted by atomic mass is 9.78. The van der Waals surface area contributed by atoms with Gasteiger partial charge in [-0.3, -0.25) is 4.79 Å². The van der Waals surface area contributed by atoms with Crippen LogP contribution in [0.4, 0.5) is 0 Å². The molecule has 0 unspecified atom stereocenters. The van der Waals surface area contributed by atoms with Crippen LogP contribution in [0.3, 0.4) is 0 Å². The van der Waals surface area contributed by atoms with Crippen LogP contribution in [0, 0.1) is 17.8 Å². The van der Waals surface area contributed by atoms with Gasteiger partial charge in [0.05, 0.1) is 35.9 Å². The predicted molar refractivity (Wildman–Crippen MR) is 198 cm³/mol. The molecule has 0 aromatic heterocycles. The van der Waals surface area contributed by atoms with E-state index in [9.17, 15) is 25.2 Å². The molecule has 0 aromatic rings. The summed E-state index contributed by atoms with van der Waals surface area (Å²) in [5, 5.41) is 46.3. The van der Waals surface area contributed by atoms with E-state index in [2.05, 4.69) is 11.8 Å². The van der Waals surface area contributed by atoms with Crippen LogP contribution in [-0.2, 0) is 38.0 Å². The van der Waals surface area contributed by atoms with Crippen LogP contribution in [0.1, 0.15) is 115 Å². The molecule has 0 amide bonds. The highest BCUT2D eigenvalue weighted by atomic mass is 16.7. The van der Waals surface area contributed by atoms with Gasteiger partial charge in [0, 0.05) is 37.8 Å². The van der Waals surface area contributed by atoms with Crippen molar-refractivity contribution in [3.63, 3.8) is 0 Å². The second-order valence-corrected chi connectivity index (χ2v) is 17.2. The van der Waals surface area contributed by atoms with Crippen LogP contribution in [0.2, 0.25) is 0 Å². The summed E-state index contributed by atoms with van der Waals surface area (Å²) in [6.07, 6.45) is -5.35. The maximum absolute atomic E-state index is 14.2. The number of methoxy groups -OCH3 is 1. The number of rotatable bonds is 10. The molecule has 17 atom stereocenters. The van der Waals surface area contributed by atoms with Crippen LogP contribution in [0.5, 0.6) is 0 Å². The van der Waals surface area contributed by atoms with Gasteiger partial charge < -0.3 is 58.5 Å². The summed E-state index contributed by atoms with van der Waals surface area (Å²) in [5.41, 5.74) is -3.00. The Kier molecular flexibility index (Phi) is 14.6. The Morgan fingerprint density at radius 3 is 2.23 bits per heavy atom. The van der Waals surface area contributed by atoms with Crippen LogP contribution in [-0.4, -0.2) is 136 Å². The zero-order valence-electron chi connectivity index (χ0n) is 34.5. The quantitative estimate of drug-likeness (QED) is 0.236. The molecule has 13 heteroatoms. The first-order valence-corrected chi connectivity index (χ1v) is 19.9. The molecule has 4 N–H and O–H groups in total. The van der Waals surface area contributed by atoms with E-state index < -0.39 is 95.8 Å². The SMILES string of the molecule is CCCCN(C)[C@H]1C[C@@H](C)O[C@@H](O[C@@H]2[C@@H](C)[C@H](O[C@H]3C[C@@](C)(OC)[C@@H](O)[C@H](C)O3)[C@@H](C)C(=O)O[C@H](CC)[C@@](C)(O)[C@H](O)[C@@H](C)C3=C(C)C[C@]2(C)O3)[C@@H]1O. The lowest BCUT2D eigenvalue weighted by molar-refractivity contribution is -0.317. The Hall–Kier alpha value is -1.39. The maximum atomic E-state index is 14.2. The summed E-state index contributed by atoms with van der Waals surface area (Å²) in [6.45, 7) is 21.0. The van der Waals surface area contributed by atoms with Crippen molar-refractivity contribution in [2.45, 2.75) is 199 Å². The zero-order chi connectivity index (χ0) is 39.8. The van der Waals surface area contributed by atoms with Crippen LogP contribution in [0.15, 0.2) is 11.3 Å². The van der Waals surface area contributed by atoms with E-state index in [1.807, 2.05) is 34.7 Å². The van der Waals surface area contributed by atoms with Gasteiger partial charge in [-0.1, -0.05) is 34.1 Å². The fourth-order valence-electron chi connectivity index (χ4n) is 9.23. The fraction of sp³-hybridized carbons (Fsp3) is 0.925. The molecule has 3 fully saturated rings. The Morgan fingerprint density at radius 1 is 0.962 bits per heavy atom. The summed E-state index contributed by atoms with van der Waals surface area (Å²) in [5.74, 6) is -2.31. The van der Waals surface area contributed by atoms with Gasteiger partial charge in [0.25, 0.3) is 0 Å². The van der Waals surface area contributed by atoms with E-state index in [0.717, 1.165) is 25.0 Å². The molecule has 3 saturated heterocycles. The van der Waals surface area contributed by atoms with Gasteiger partial charge in [-0.15, -0.1) is 0 Å². The van der Waals surface area contributed by atoms with Crippen molar-refractivity contribution in [1.82, 2.24) is 4.90 Å². The van der Waals surface area contributed by atoms with Crippen molar-refractivity contribution >= 4 is 5.97 Å². The Morgan fingerprint density at radius 2 is 1.62 bits per heavy atom. The van der Waals surface area contributed by atoms with Crippen LogP contribution in [0.25, 0.3) is 0 Å². The average molecular weight is 758 g/mol. The topological polar surface area (TPSA) is 166 Å². The third-order valence-corrected chi connectivity index (χ3v) is 12.7. The van der Waals surface area contributed by atoms with E-state index >= 15 is 0 Å². The average Bonchev–Trinajstić information content (AvgIpc) is 3.42. The third kappa shape index (κ3) is 9.10. The molecule has 0 radical (unpaired) electrons. The van der Waals surface area contributed by atoms with E-state index in [0.29, 0.717) is 18.6 Å². The summed E-state index contributed by atoms with van der Waals surface area (Å²) in [6, 6.07) is -0.215. The maximum Gasteiger partial charge on any atom is 0.311 e. The minimum atomic E-state index is -1.82. The number of nitrogens with zero attached hydrogens (tertiary/aromatic N) is 1. The highest BCUT2D eigenvalue weighted by Gasteiger charge is 2.56. The van der Waals surface area contributed by atoms with Gasteiger partial charge in [0.15, 0.2) is 12.6 Å². The van der Waals surface area contributed by atoms with E-state index in [1.54, 1.807) is 34.6 Å². The van der Waals surface area contributed by atoms with Gasteiger partial charge in [-0.05, 0) is 86.9 Å². The molecule has 4 aliphatic rings. The molecule has 0 spiro atoms. The minimum absolute atomic E-state index is 0.174. The number of aliphatic hydroxyl groups excluding tert-OH is 3. The molecule has 0 aromatic carbocycles. The van der Waals surface area contributed by atoms with Crippen molar-refractivity contribution in [3.8, 4) is 0 Å². The molecule has 0 aliphatic carbocycles. The lowest BCUT2D eigenvalue weighted by Gasteiger charge is -2.49. The fourth-order valence-corrected chi connectivity index (χ4v) is 9.23. The standard InChI is InChI=1S/C40H71NO12/c1-14-16-17-41(12)27-18-22(4)48-37(30(27)42)52-35-24(6)32(51-29-20-38(9,47-13)34(44)26(8)49-29)25(7)36(45)50-28(15-2)40(11,46)33(43)23(5)31-21(3)19-39(35,10)53-31/h22-30,32-35,37,42-44,46H,14-20H2,1-13H3/t22-,23+,24+,25-,26+,27+,28-,29+,30-,32+,33-,34+,35-,37+,38-,39+,40-/m1/s1. The van der Waals surface area contributed by atoms with E-state index in [1.165, 1.54) is 14.0 Å². The zero-order valence-corrected chi connectivity index (χ0v) is 34.5. The minimum Gasteiger partial charge on any atom is -0.489 e. The number of likely N-dealkylation sites (N-methyl/N-ethyl adjacent to an activating group) is 1. The second kappa shape index (κ2) is 17.4. The Bertz CT molecular complexity index is 1260. The largest absolute Gasteiger partial charge is 0.489 e. The number of cyclic esters (lactones) is 1. The van der Waals surface area contributed by atoms with Crippen LogP contribution >= 0.6 is 0 Å². The molecule has 53 heavy (non-hydrogen) atoms. The first-order valence-electron chi connectivity index (χ1n) is 19.9. The molecule has 13 nitrogen and oxygen atoms in total. The van der Waals surface area contributed by atoms with Gasteiger partial charge in [-0.25, -0.2) is 0 Å². The number of hydrogen-bond donors (Lipinski definition) is 4. The Labute approximate surface area is 317 Å². The van der Waals surface area contributed by atoms with Gasteiger partial charge in [0.1, 0.15) is 41.4 Å². The molecular weight excluding hydrogens is 686 g/mol. The number of unbranched alkanes of at least 4 members (excludes halogenated alkanes) is 1. The number of carbonyl (C=O) groups is 1. The summed E-state index contributed by atoms with van der Waals surface area (Å²) >= 11 is 0. The van der Waals surface area contributed by atoms with Crippen molar-refractivity contribution in [1.29, 1.82) is 0 Å². The first kappa shape index (κ1) is 44.3. The smallest absolute Gasteiger partial charge is 0.311 e. The van der Waals surface area contributed by atoms with Gasteiger partial charge >= 0.3 is 5.97 Å². The van der Waals surface area contributed by atoms with E-state index in [4.69, 9.17) is 33.2 Å². The second-order valence-electron chi connectivity index (χ2n) is 17.2. The molecule has 4 heterocycles. The van der Waals surface area contributed by atoms with Crippen LogP contribution < -0.4 is 0 Å². The van der Waals surface area contributed by atoms with E-state index in [-0.39, 0.29) is 25.0 Å². The monoisotopic (exact) mass is 757 g/mol. The van der Waals surface area contributed by atoms with Crippen molar-refractivity contribution < 1.29 is 58.4 Å². The molecule has 4 rings (SSSR count). The number of ether oxygens (including phenoxy) is 7. The third-order valence-electron chi connectivity index (χ3n) is 12.7.